The van der Waals surface area contributed by atoms with E-state index in [0.29, 0.717) is 24.2 Å². The monoisotopic (exact) mass is 429 g/mol. The van der Waals surface area contributed by atoms with E-state index < -0.39 is 23.2 Å². The van der Waals surface area contributed by atoms with Gasteiger partial charge in [-0.15, -0.1) is 0 Å². The molecule has 0 aliphatic heterocycles. The van der Waals surface area contributed by atoms with Gasteiger partial charge in [-0.25, -0.2) is 0 Å². The molecule has 1 heterocycles. The fourth-order valence-electron chi connectivity index (χ4n) is 3.36. The Hall–Kier alpha value is -3.42. The maximum atomic E-state index is 13.7. The number of carbonyl (C=O) groups excluding carboxylic acids is 2. The first-order valence-electron chi connectivity index (χ1n) is 9.87. The van der Waals surface area contributed by atoms with Gasteiger partial charge in [-0.1, -0.05) is 30.3 Å². The summed E-state index contributed by atoms with van der Waals surface area (Å²) in [6.45, 7) is 4.98. The predicted molar refractivity (Wildman–Crippen MR) is 112 cm³/mol. The summed E-state index contributed by atoms with van der Waals surface area (Å²) in [7, 11) is 0. The lowest BCUT2D eigenvalue weighted by molar-refractivity contribution is -0.136. The Balaban J connectivity index is 1.79. The van der Waals surface area contributed by atoms with Gasteiger partial charge in [0.15, 0.2) is 0 Å². The number of hydrogen-bond acceptors (Lipinski definition) is 3. The van der Waals surface area contributed by atoms with Crippen LogP contribution in [0.5, 0.6) is 0 Å². The SMILES string of the molecule is CCN(CC)C(=O)c1ccc(CNC(=O)c2cnc3ccccc3c2C(F)(F)F)cc1. The third-order valence-corrected chi connectivity index (χ3v) is 5.01. The summed E-state index contributed by atoms with van der Waals surface area (Å²) in [5.74, 6) is -0.966. The van der Waals surface area contributed by atoms with Crippen LogP contribution in [-0.4, -0.2) is 34.8 Å². The lowest BCUT2D eigenvalue weighted by atomic mass is 10.0. The van der Waals surface area contributed by atoms with Crippen LogP contribution < -0.4 is 5.32 Å². The third kappa shape index (κ3) is 4.84. The molecule has 3 rings (SSSR count). The molecule has 2 amide bonds. The minimum Gasteiger partial charge on any atom is -0.348 e. The second-order valence-corrected chi connectivity index (χ2v) is 6.92. The van der Waals surface area contributed by atoms with Crippen molar-refractivity contribution >= 4 is 22.7 Å². The molecular weight excluding hydrogens is 407 g/mol. The van der Waals surface area contributed by atoms with Gasteiger partial charge in [0.1, 0.15) is 0 Å². The van der Waals surface area contributed by atoms with Gasteiger partial charge in [-0.05, 0) is 37.6 Å². The van der Waals surface area contributed by atoms with Crippen molar-refractivity contribution in [1.29, 1.82) is 0 Å². The largest absolute Gasteiger partial charge is 0.417 e. The van der Waals surface area contributed by atoms with E-state index in [1.54, 1.807) is 35.2 Å². The number of amides is 2. The molecule has 0 spiro atoms. The van der Waals surface area contributed by atoms with Crippen molar-refractivity contribution < 1.29 is 22.8 Å². The van der Waals surface area contributed by atoms with Gasteiger partial charge in [0.25, 0.3) is 11.8 Å². The van der Waals surface area contributed by atoms with Crippen LogP contribution >= 0.6 is 0 Å². The number of fused-ring (bicyclic) bond motifs is 1. The van der Waals surface area contributed by atoms with Crippen molar-refractivity contribution in [2.45, 2.75) is 26.6 Å². The molecule has 0 fully saturated rings. The number of alkyl halides is 3. The fraction of sp³-hybridized carbons (Fsp3) is 0.261. The van der Waals surface area contributed by atoms with Crippen LogP contribution in [0.4, 0.5) is 13.2 Å². The van der Waals surface area contributed by atoms with Crippen molar-refractivity contribution in [3.05, 3.63) is 77.0 Å². The number of pyridine rings is 1. The Kier molecular flexibility index (Phi) is 6.58. The number of rotatable bonds is 6. The summed E-state index contributed by atoms with van der Waals surface area (Å²) in [6, 6.07) is 12.4. The van der Waals surface area contributed by atoms with Crippen LogP contribution in [0.15, 0.2) is 54.7 Å². The minimum absolute atomic E-state index is 0.0166. The summed E-state index contributed by atoms with van der Waals surface area (Å²) in [5.41, 5.74) is -0.196. The highest BCUT2D eigenvalue weighted by Gasteiger charge is 2.37. The molecule has 1 N–H and O–H groups in total. The number of nitrogens with one attached hydrogen (secondary N) is 1. The Labute approximate surface area is 177 Å². The van der Waals surface area contributed by atoms with Gasteiger partial charge in [-0.2, -0.15) is 13.2 Å². The molecular formula is C23H22F3N3O2. The van der Waals surface area contributed by atoms with Gasteiger partial charge in [0.05, 0.1) is 16.6 Å². The van der Waals surface area contributed by atoms with Gasteiger partial charge in [0, 0.05) is 36.8 Å². The normalized spacial score (nSPS) is 11.4. The van der Waals surface area contributed by atoms with Crippen molar-refractivity contribution in [2.24, 2.45) is 0 Å². The van der Waals surface area contributed by atoms with Crippen LogP contribution in [-0.2, 0) is 12.7 Å². The van der Waals surface area contributed by atoms with Crippen LogP contribution in [0.3, 0.4) is 0 Å². The molecule has 1 aromatic heterocycles. The molecule has 0 aliphatic carbocycles. The summed E-state index contributed by atoms with van der Waals surface area (Å²) >= 11 is 0. The summed E-state index contributed by atoms with van der Waals surface area (Å²) in [6.07, 6.45) is -3.76. The molecule has 31 heavy (non-hydrogen) atoms. The van der Waals surface area contributed by atoms with Gasteiger partial charge < -0.3 is 10.2 Å². The lowest BCUT2D eigenvalue weighted by Gasteiger charge is -2.18. The standard InChI is InChI=1S/C23H22F3N3O2/c1-3-29(4-2)22(31)16-11-9-15(10-12-16)13-28-21(30)18-14-27-19-8-6-5-7-17(19)20(18)23(24,25)26/h5-12,14H,3-4,13H2,1-2H3,(H,28,30). The maximum absolute atomic E-state index is 13.7. The fourth-order valence-corrected chi connectivity index (χ4v) is 3.36. The highest BCUT2D eigenvalue weighted by atomic mass is 19.4. The molecule has 0 bridgehead atoms. The van der Waals surface area contributed by atoms with Crippen molar-refractivity contribution in [1.82, 2.24) is 15.2 Å². The second kappa shape index (κ2) is 9.16. The number of para-hydroxylation sites is 1. The molecule has 0 unspecified atom stereocenters. The average molecular weight is 429 g/mol. The number of nitrogens with zero attached hydrogens (tertiary/aromatic N) is 2. The van der Waals surface area contributed by atoms with E-state index >= 15 is 0 Å². The first kappa shape index (κ1) is 22.3. The molecule has 162 valence electrons. The van der Waals surface area contributed by atoms with E-state index in [1.807, 2.05) is 13.8 Å². The van der Waals surface area contributed by atoms with Gasteiger partial charge in [-0.3, -0.25) is 14.6 Å². The summed E-state index contributed by atoms with van der Waals surface area (Å²) in [5, 5.41) is 2.39. The minimum atomic E-state index is -4.71. The molecule has 0 atom stereocenters. The van der Waals surface area contributed by atoms with E-state index in [-0.39, 0.29) is 23.4 Å². The van der Waals surface area contributed by atoms with Crippen LogP contribution in [0, 0.1) is 0 Å². The van der Waals surface area contributed by atoms with Crippen molar-refractivity contribution in [3.63, 3.8) is 0 Å². The van der Waals surface area contributed by atoms with E-state index in [4.69, 9.17) is 0 Å². The predicted octanol–water partition coefficient (Wildman–Crippen LogP) is 4.67. The highest BCUT2D eigenvalue weighted by molar-refractivity contribution is 6.00. The van der Waals surface area contributed by atoms with Gasteiger partial charge >= 0.3 is 6.18 Å². The molecule has 5 nitrogen and oxygen atoms in total. The molecule has 0 aliphatic rings. The molecule has 3 aromatic rings. The van der Waals surface area contributed by atoms with E-state index in [1.165, 1.54) is 18.2 Å². The van der Waals surface area contributed by atoms with E-state index in [0.717, 1.165) is 6.20 Å². The number of aromatic nitrogens is 1. The summed E-state index contributed by atoms with van der Waals surface area (Å²) in [4.78, 5) is 30.6. The van der Waals surface area contributed by atoms with Crippen molar-refractivity contribution in [2.75, 3.05) is 13.1 Å². The molecule has 0 radical (unpaired) electrons. The zero-order valence-corrected chi connectivity index (χ0v) is 17.2. The highest BCUT2D eigenvalue weighted by Crippen LogP contribution is 2.36. The van der Waals surface area contributed by atoms with Crippen LogP contribution in [0.1, 0.15) is 45.7 Å². The first-order chi connectivity index (χ1) is 14.8. The average Bonchev–Trinajstić information content (AvgIpc) is 2.77. The third-order valence-electron chi connectivity index (χ3n) is 5.01. The molecule has 0 saturated heterocycles. The van der Waals surface area contributed by atoms with Crippen molar-refractivity contribution in [3.8, 4) is 0 Å². The zero-order chi connectivity index (χ0) is 22.6. The lowest BCUT2D eigenvalue weighted by Crippen LogP contribution is -2.30. The number of halogens is 3. The van der Waals surface area contributed by atoms with Gasteiger partial charge in [0.2, 0.25) is 0 Å². The van der Waals surface area contributed by atoms with E-state index in [2.05, 4.69) is 10.3 Å². The second-order valence-electron chi connectivity index (χ2n) is 6.92. The topological polar surface area (TPSA) is 62.3 Å². The molecule has 2 aromatic carbocycles. The maximum Gasteiger partial charge on any atom is 0.417 e. The number of benzene rings is 2. The Morgan fingerprint density at radius 1 is 1.00 bits per heavy atom. The number of hydrogen-bond donors (Lipinski definition) is 1. The molecule has 0 saturated carbocycles. The quantitative estimate of drug-likeness (QED) is 0.620. The zero-order valence-electron chi connectivity index (χ0n) is 17.2. The Morgan fingerprint density at radius 3 is 2.26 bits per heavy atom. The molecule has 8 heteroatoms. The Morgan fingerprint density at radius 2 is 1.65 bits per heavy atom. The summed E-state index contributed by atoms with van der Waals surface area (Å²) < 4.78 is 41.1. The van der Waals surface area contributed by atoms with Crippen LogP contribution in [0.25, 0.3) is 10.9 Å². The first-order valence-corrected chi connectivity index (χ1v) is 9.87. The van der Waals surface area contributed by atoms with Crippen LogP contribution in [0.2, 0.25) is 0 Å². The smallest absolute Gasteiger partial charge is 0.348 e. The number of carbonyl (C=O) groups is 2. The van der Waals surface area contributed by atoms with E-state index in [9.17, 15) is 22.8 Å². The Bertz CT molecular complexity index is 1090.